The van der Waals surface area contributed by atoms with Crippen LogP contribution in [0.4, 0.5) is 17.3 Å². The normalized spacial score (nSPS) is 12.6. The summed E-state index contributed by atoms with van der Waals surface area (Å²) >= 11 is 0. The smallest absolute Gasteiger partial charge is 0.191 e. The van der Waals surface area contributed by atoms with Crippen LogP contribution in [0.5, 0.6) is 0 Å². The summed E-state index contributed by atoms with van der Waals surface area (Å²) in [5.74, 6) is 0.998. The van der Waals surface area contributed by atoms with Crippen molar-refractivity contribution in [2.24, 2.45) is 10.2 Å². The van der Waals surface area contributed by atoms with Gasteiger partial charge in [0.05, 0.1) is 11.4 Å². The number of aromatic nitrogens is 4. The molecule has 0 spiro atoms. The van der Waals surface area contributed by atoms with Crippen LogP contribution >= 0.6 is 0 Å². The van der Waals surface area contributed by atoms with E-state index in [0.29, 0.717) is 29.4 Å². The third-order valence-electron chi connectivity index (χ3n) is 5.12. The molecule has 2 N–H and O–H groups in total. The van der Waals surface area contributed by atoms with Gasteiger partial charge in [-0.3, -0.25) is 0 Å². The van der Waals surface area contributed by atoms with Crippen LogP contribution in [0, 0.1) is 11.3 Å². The van der Waals surface area contributed by atoms with Gasteiger partial charge in [-0.1, -0.05) is 68.2 Å². The minimum absolute atomic E-state index is 0.239. The summed E-state index contributed by atoms with van der Waals surface area (Å²) in [6.45, 7) is 18.1. The van der Waals surface area contributed by atoms with Crippen LogP contribution in [-0.2, 0) is 23.9 Å². The van der Waals surface area contributed by atoms with Crippen molar-refractivity contribution in [1.29, 1.82) is 5.26 Å². The van der Waals surface area contributed by atoms with E-state index in [1.54, 1.807) is 4.68 Å². The molecule has 0 aliphatic carbocycles. The zero-order valence-corrected chi connectivity index (χ0v) is 20.5. The fourth-order valence-electron chi connectivity index (χ4n) is 3.29. The highest BCUT2D eigenvalue weighted by Gasteiger charge is 2.29. The second kappa shape index (κ2) is 9.63. The molecule has 31 heavy (non-hydrogen) atoms. The molecule has 2 rings (SSSR count). The molecule has 0 aliphatic heterocycles. The third kappa shape index (κ3) is 5.52. The van der Waals surface area contributed by atoms with Crippen molar-refractivity contribution in [3.05, 3.63) is 17.0 Å². The maximum absolute atomic E-state index is 9.89. The Morgan fingerprint density at radius 2 is 1.39 bits per heavy atom. The average molecular weight is 427 g/mol. The first-order valence-electron chi connectivity index (χ1n) is 11.3. The Morgan fingerprint density at radius 3 is 1.87 bits per heavy atom. The summed E-state index contributed by atoms with van der Waals surface area (Å²) < 4.78 is 3.62. The maximum Gasteiger partial charge on any atom is 0.191 e. The Morgan fingerprint density at radius 1 is 0.871 bits per heavy atom. The lowest BCUT2D eigenvalue weighted by Crippen LogP contribution is -2.14. The summed E-state index contributed by atoms with van der Waals surface area (Å²) in [5, 5.41) is 28.4. The SMILES string of the molecule is CCCCn1nc(C(C)(C)C)c(N=Nc2c(C#N)c(C(C)(C)C)nn2CCCC)c1N. The Bertz CT molecular complexity index is 958. The summed E-state index contributed by atoms with van der Waals surface area (Å²) in [6.07, 6.45) is 4.01. The number of hydrogen-bond acceptors (Lipinski definition) is 6. The average Bonchev–Trinajstić information content (AvgIpc) is 3.20. The maximum atomic E-state index is 9.89. The highest BCUT2D eigenvalue weighted by Crippen LogP contribution is 2.38. The molecule has 0 radical (unpaired) electrons. The summed E-state index contributed by atoms with van der Waals surface area (Å²) in [4.78, 5) is 0. The van der Waals surface area contributed by atoms with Gasteiger partial charge in [-0.25, -0.2) is 9.36 Å². The molecular weight excluding hydrogens is 388 g/mol. The predicted molar refractivity (Wildman–Crippen MR) is 125 cm³/mol. The van der Waals surface area contributed by atoms with Crippen molar-refractivity contribution < 1.29 is 0 Å². The van der Waals surface area contributed by atoms with Gasteiger partial charge in [0.15, 0.2) is 11.5 Å². The molecule has 8 nitrogen and oxygen atoms in total. The van der Waals surface area contributed by atoms with Crippen LogP contribution in [0.15, 0.2) is 10.2 Å². The standard InChI is InChI=1S/C23H38N8/c1-9-11-13-30-20(25)17(19(29-30)23(6,7)8)26-27-21-16(15-24)18(22(3,4)5)28-31(21)14-12-10-2/h9-14,25H2,1-8H3. The second-order valence-corrected chi connectivity index (χ2v) is 10.1. The molecule has 0 bridgehead atoms. The molecule has 0 aromatic carbocycles. The van der Waals surface area contributed by atoms with E-state index in [9.17, 15) is 5.26 Å². The molecule has 8 heteroatoms. The lowest BCUT2D eigenvalue weighted by atomic mass is 9.90. The second-order valence-electron chi connectivity index (χ2n) is 10.1. The zero-order chi connectivity index (χ0) is 23.4. The molecule has 0 fully saturated rings. The van der Waals surface area contributed by atoms with Crippen molar-refractivity contribution in [2.75, 3.05) is 5.73 Å². The number of rotatable bonds is 8. The quantitative estimate of drug-likeness (QED) is 0.511. The van der Waals surface area contributed by atoms with E-state index in [1.165, 1.54) is 0 Å². The molecule has 0 atom stereocenters. The number of hydrogen-bond donors (Lipinski definition) is 1. The number of nitrogen functional groups attached to an aromatic ring is 1. The number of nitriles is 1. The molecule has 2 aromatic rings. The Labute approximate surface area is 186 Å². The molecule has 0 aliphatic rings. The van der Waals surface area contributed by atoms with Crippen molar-refractivity contribution in [1.82, 2.24) is 19.6 Å². The van der Waals surface area contributed by atoms with E-state index < -0.39 is 0 Å². The van der Waals surface area contributed by atoms with Gasteiger partial charge >= 0.3 is 0 Å². The van der Waals surface area contributed by atoms with E-state index in [-0.39, 0.29) is 10.8 Å². The van der Waals surface area contributed by atoms with Crippen LogP contribution in [0.25, 0.3) is 0 Å². The van der Waals surface area contributed by atoms with Gasteiger partial charge in [0, 0.05) is 23.9 Å². The van der Waals surface area contributed by atoms with Crippen molar-refractivity contribution in [3.8, 4) is 6.07 Å². The highest BCUT2D eigenvalue weighted by atomic mass is 15.4. The van der Waals surface area contributed by atoms with E-state index in [1.807, 2.05) is 4.68 Å². The molecule has 2 aromatic heterocycles. The number of azo groups is 1. The van der Waals surface area contributed by atoms with Gasteiger partial charge in [-0.2, -0.15) is 15.5 Å². The van der Waals surface area contributed by atoms with E-state index in [4.69, 9.17) is 15.9 Å². The molecule has 0 saturated heterocycles. The Balaban J connectivity index is 2.62. The topological polar surface area (TPSA) is 110 Å². The van der Waals surface area contributed by atoms with Gasteiger partial charge in [0.25, 0.3) is 0 Å². The van der Waals surface area contributed by atoms with Gasteiger partial charge in [0.2, 0.25) is 0 Å². The molecule has 0 amide bonds. The lowest BCUT2D eigenvalue weighted by molar-refractivity contribution is 0.519. The predicted octanol–water partition coefficient (Wildman–Crippen LogP) is 6.14. The fourth-order valence-corrected chi connectivity index (χ4v) is 3.29. The van der Waals surface area contributed by atoms with Crippen molar-refractivity contribution >= 4 is 17.3 Å². The number of nitrogens with zero attached hydrogens (tertiary/aromatic N) is 7. The van der Waals surface area contributed by atoms with Crippen LogP contribution < -0.4 is 5.73 Å². The fraction of sp³-hybridized carbons (Fsp3) is 0.696. The van der Waals surface area contributed by atoms with Gasteiger partial charge in [0.1, 0.15) is 17.5 Å². The molecular formula is C23H38N8. The summed E-state index contributed by atoms with van der Waals surface area (Å²) in [7, 11) is 0. The first-order chi connectivity index (χ1) is 14.5. The largest absolute Gasteiger partial charge is 0.382 e. The summed E-state index contributed by atoms with van der Waals surface area (Å²) in [5.41, 5.74) is 8.51. The molecule has 2 heterocycles. The minimum Gasteiger partial charge on any atom is -0.382 e. The van der Waals surface area contributed by atoms with Crippen LogP contribution in [0.1, 0.15) is 98.0 Å². The Hall–Kier alpha value is -2.69. The van der Waals surface area contributed by atoms with Crippen LogP contribution in [0.2, 0.25) is 0 Å². The molecule has 170 valence electrons. The first-order valence-corrected chi connectivity index (χ1v) is 11.3. The van der Waals surface area contributed by atoms with E-state index in [2.05, 4.69) is 71.7 Å². The number of unbranched alkanes of at least 4 members (excludes halogenated alkanes) is 2. The van der Waals surface area contributed by atoms with Crippen molar-refractivity contribution in [3.63, 3.8) is 0 Å². The highest BCUT2D eigenvalue weighted by molar-refractivity contribution is 5.63. The van der Waals surface area contributed by atoms with E-state index >= 15 is 0 Å². The van der Waals surface area contributed by atoms with Gasteiger partial charge in [-0.05, 0) is 12.8 Å². The lowest BCUT2D eigenvalue weighted by Gasteiger charge is -2.15. The zero-order valence-electron chi connectivity index (χ0n) is 20.5. The van der Waals surface area contributed by atoms with E-state index in [0.717, 1.165) is 43.6 Å². The third-order valence-corrected chi connectivity index (χ3v) is 5.12. The monoisotopic (exact) mass is 426 g/mol. The van der Waals surface area contributed by atoms with Crippen molar-refractivity contribution in [2.45, 2.75) is 105 Å². The number of anilines is 1. The van der Waals surface area contributed by atoms with Gasteiger partial charge < -0.3 is 5.73 Å². The number of aryl methyl sites for hydroxylation is 2. The number of nitrogens with two attached hydrogens (primary N) is 1. The van der Waals surface area contributed by atoms with Crippen LogP contribution in [0.3, 0.4) is 0 Å². The first kappa shape index (κ1) is 24.6. The molecule has 0 unspecified atom stereocenters. The molecule has 0 saturated carbocycles. The van der Waals surface area contributed by atoms with Crippen LogP contribution in [-0.4, -0.2) is 19.6 Å². The summed E-state index contributed by atoms with van der Waals surface area (Å²) in [6, 6.07) is 2.31. The van der Waals surface area contributed by atoms with Gasteiger partial charge in [-0.15, -0.1) is 10.2 Å². The minimum atomic E-state index is -0.270. The Kier molecular flexibility index (Phi) is 7.63.